The highest BCUT2D eigenvalue weighted by Gasteiger charge is 2.30. The zero-order chi connectivity index (χ0) is 21.3. The molecule has 30 heavy (non-hydrogen) atoms. The van der Waals surface area contributed by atoms with Crippen LogP contribution in [0.1, 0.15) is 75.7 Å². The van der Waals surface area contributed by atoms with Crippen molar-refractivity contribution in [2.45, 2.75) is 89.3 Å². The maximum Gasteiger partial charge on any atom is 0.407 e. The fourth-order valence-electron chi connectivity index (χ4n) is 4.58. The van der Waals surface area contributed by atoms with E-state index in [0.29, 0.717) is 12.5 Å². The molecular formula is C22H30N4O3S. The monoisotopic (exact) mass is 430 g/mol. The smallest absolute Gasteiger partial charge is 0.407 e. The highest BCUT2D eigenvalue weighted by Crippen LogP contribution is 2.46. The molecule has 0 aliphatic heterocycles. The van der Waals surface area contributed by atoms with Gasteiger partial charge < -0.3 is 20.2 Å². The Morgan fingerprint density at radius 3 is 2.63 bits per heavy atom. The van der Waals surface area contributed by atoms with E-state index < -0.39 is 5.60 Å². The molecule has 0 spiro atoms. The first-order chi connectivity index (χ1) is 14.3. The van der Waals surface area contributed by atoms with Gasteiger partial charge in [0.2, 0.25) is 0 Å². The Bertz CT molecular complexity index is 928. The highest BCUT2D eigenvalue weighted by atomic mass is 32.1. The lowest BCUT2D eigenvalue weighted by Crippen LogP contribution is -2.42. The Balaban J connectivity index is 1.41. The number of amides is 1. The van der Waals surface area contributed by atoms with Crippen LogP contribution in [0.25, 0.3) is 10.2 Å². The molecule has 1 fully saturated rings. The summed E-state index contributed by atoms with van der Waals surface area (Å²) in [4.78, 5) is 34.6. The minimum absolute atomic E-state index is 0.144. The first kappa shape index (κ1) is 21.0. The van der Waals surface area contributed by atoms with Crippen molar-refractivity contribution in [3.63, 3.8) is 0 Å². The summed E-state index contributed by atoms with van der Waals surface area (Å²) in [5.41, 5.74) is 0.800. The second-order valence-electron chi connectivity index (χ2n) is 9.32. The van der Waals surface area contributed by atoms with Crippen LogP contribution >= 0.6 is 11.3 Å². The van der Waals surface area contributed by atoms with Crippen molar-refractivity contribution in [3.8, 4) is 0 Å². The molecule has 162 valence electrons. The molecule has 0 bridgehead atoms. The van der Waals surface area contributed by atoms with Crippen molar-refractivity contribution in [2.75, 3.05) is 5.32 Å². The summed E-state index contributed by atoms with van der Waals surface area (Å²) in [6, 6.07) is 0.451. The van der Waals surface area contributed by atoms with Gasteiger partial charge in [-0.2, -0.15) is 0 Å². The number of carbonyl (C=O) groups excluding carboxylic acids is 2. The second-order valence-corrected chi connectivity index (χ2v) is 10.4. The summed E-state index contributed by atoms with van der Waals surface area (Å²) in [5, 5.41) is 7.74. The lowest BCUT2D eigenvalue weighted by atomic mass is 9.91. The summed E-state index contributed by atoms with van der Waals surface area (Å²) in [5.74, 6) is 1.17. The number of fused-ring (bicyclic) bond motifs is 3. The van der Waals surface area contributed by atoms with Crippen molar-refractivity contribution in [3.05, 3.63) is 16.8 Å². The van der Waals surface area contributed by atoms with Crippen LogP contribution in [0.5, 0.6) is 0 Å². The zero-order valence-corrected chi connectivity index (χ0v) is 18.7. The number of rotatable bonds is 5. The first-order valence-electron chi connectivity index (χ1n) is 10.8. The fraction of sp³-hybridized carbons (Fsp3) is 0.636. The molecule has 1 saturated carbocycles. The van der Waals surface area contributed by atoms with Gasteiger partial charge in [-0.15, -0.1) is 11.3 Å². The van der Waals surface area contributed by atoms with Crippen LogP contribution in [0.4, 0.5) is 10.6 Å². The predicted octanol–water partition coefficient (Wildman–Crippen LogP) is 4.56. The molecule has 0 radical (unpaired) electrons. The number of carbonyl (C=O) groups is 2. The number of alkyl carbamates (subject to hydrolysis) is 1. The van der Waals surface area contributed by atoms with Crippen LogP contribution in [0, 0.1) is 0 Å². The zero-order valence-electron chi connectivity index (χ0n) is 17.9. The van der Waals surface area contributed by atoms with Gasteiger partial charge in [-0.25, -0.2) is 14.8 Å². The lowest BCUT2D eigenvalue weighted by molar-refractivity contribution is -0.108. The molecule has 0 aromatic carbocycles. The van der Waals surface area contributed by atoms with E-state index in [1.165, 1.54) is 10.4 Å². The molecule has 2 aliphatic rings. The molecule has 2 aliphatic carbocycles. The second kappa shape index (κ2) is 8.49. The Hall–Kier alpha value is -2.22. The van der Waals surface area contributed by atoms with Crippen molar-refractivity contribution in [1.29, 1.82) is 0 Å². The van der Waals surface area contributed by atoms with Crippen molar-refractivity contribution in [1.82, 2.24) is 15.3 Å². The quantitative estimate of drug-likeness (QED) is 0.676. The Morgan fingerprint density at radius 2 is 1.93 bits per heavy atom. The number of thiophene rings is 1. The number of ether oxygens (including phenoxy) is 1. The standard InChI is InChI=1S/C22H30N4O3S/c1-22(2,3)29-21(28)26-15-7-5-14(6-8-15)25-19-18-17-13(10-11-27)4-9-16(17)30-20(18)24-12-23-19/h11-15H,4-10H2,1-3H3,(H,26,28)(H,23,24,25)/t13-,14-,15-/m1/s1. The topological polar surface area (TPSA) is 93.2 Å². The third-order valence-electron chi connectivity index (χ3n) is 5.90. The van der Waals surface area contributed by atoms with Crippen LogP contribution in [0.2, 0.25) is 0 Å². The molecule has 2 N–H and O–H groups in total. The highest BCUT2D eigenvalue weighted by molar-refractivity contribution is 7.19. The number of aromatic nitrogens is 2. The number of aryl methyl sites for hydroxylation is 1. The molecule has 2 aromatic heterocycles. The third kappa shape index (κ3) is 4.58. The largest absolute Gasteiger partial charge is 0.444 e. The predicted molar refractivity (Wildman–Crippen MR) is 118 cm³/mol. The van der Waals surface area contributed by atoms with Gasteiger partial charge in [-0.1, -0.05) is 0 Å². The van der Waals surface area contributed by atoms with E-state index in [9.17, 15) is 9.59 Å². The molecule has 0 unspecified atom stereocenters. The number of anilines is 1. The van der Waals surface area contributed by atoms with Gasteiger partial charge in [0.25, 0.3) is 0 Å². The van der Waals surface area contributed by atoms with E-state index in [-0.39, 0.29) is 18.1 Å². The van der Waals surface area contributed by atoms with E-state index in [1.807, 2.05) is 20.8 Å². The maximum absolute atomic E-state index is 12.0. The minimum atomic E-state index is -0.482. The number of nitrogens with one attached hydrogen (secondary N) is 2. The van der Waals surface area contributed by atoms with E-state index >= 15 is 0 Å². The average molecular weight is 431 g/mol. The number of hydrogen-bond donors (Lipinski definition) is 2. The molecular weight excluding hydrogens is 400 g/mol. The molecule has 8 heteroatoms. The lowest BCUT2D eigenvalue weighted by Gasteiger charge is -2.31. The summed E-state index contributed by atoms with van der Waals surface area (Å²) < 4.78 is 5.37. The maximum atomic E-state index is 12.0. The van der Waals surface area contributed by atoms with E-state index in [4.69, 9.17) is 4.74 Å². The molecule has 2 aromatic rings. The summed E-state index contributed by atoms with van der Waals surface area (Å²) in [6.07, 6.45) is 8.65. The SMILES string of the molecule is CC(C)(C)OC(=O)N[C@H]1CC[C@H](Nc2ncnc3sc4c(c23)[C@@H](CC=O)CC4)CC1. The summed E-state index contributed by atoms with van der Waals surface area (Å²) in [6.45, 7) is 5.62. The van der Waals surface area contributed by atoms with Gasteiger partial charge in [0, 0.05) is 23.4 Å². The van der Waals surface area contributed by atoms with Gasteiger partial charge >= 0.3 is 6.09 Å². The van der Waals surface area contributed by atoms with Crippen LogP contribution < -0.4 is 10.6 Å². The molecule has 0 saturated heterocycles. The Kier molecular flexibility index (Phi) is 5.95. The van der Waals surface area contributed by atoms with Crippen molar-refractivity contribution in [2.24, 2.45) is 0 Å². The van der Waals surface area contributed by atoms with Gasteiger partial charge in [0.05, 0.1) is 5.39 Å². The van der Waals surface area contributed by atoms with Crippen molar-refractivity contribution < 1.29 is 14.3 Å². The fourth-order valence-corrected chi connectivity index (χ4v) is 5.82. The summed E-state index contributed by atoms with van der Waals surface area (Å²) >= 11 is 1.74. The van der Waals surface area contributed by atoms with Crippen LogP contribution in [-0.4, -0.2) is 40.0 Å². The van der Waals surface area contributed by atoms with E-state index in [1.54, 1.807) is 17.7 Å². The average Bonchev–Trinajstić information content (AvgIpc) is 3.22. The molecule has 7 nitrogen and oxygen atoms in total. The van der Waals surface area contributed by atoms with Gasteiger partial charge in [0.1, 0.15) is 28.9 Å². The van der Waals surface area contributed by atoms with Crippen LogP contribution in [0.15, 0.2) is 6.33 Å². The number of nitrogens with zero attached hydrogens (tertiary/aromatic N) is 2. The van der Waals surface area contributed by atoms with E-state index in [0.717, 1.165) is 60.8 Å². The number of aldehydes is 1. The van der Waals surface area contributed by atoms with Gasteiger partial charge in [0.15, 0.2) is 0 Å². The number of hydrogen-bond acceptors (Lipinski definition) is 7. The first-order valence-corrected chi connectivity index (χ1v) is 11.6. The molecule has 1 atom stereocenters. The van der Waals surface area contributed by atoms with Crippen molar-refractivity contribution >= 4 is 39.8 Å². The normalized spacial score (nSPS) is 23.8. The Morgan fingerprint density at radius 1 is 1.20 bits per heavy atom. The van der Waals surface area contributed by atoms with Crippen LogP contribution in [-0.2, 0) is 16.0 Å². The van der Waals surface area contributed by atoms with Crippen LogP contribution in [0.3, 0.4) is 0 Å². The summed E-state index contributed by atoms with van der Waals surface area (Å²) in [7, 11) is 0. The van der Waals surface area contributed by atoms with E-state index in [2.05, 4.69) is 20.6 Å². The van der Waals surface area contributed by atoms with Gasteiger partial charge in [-0.05, 0) is 70.8 Å². The third-order valence-corrected chi connectivity index (χ3v) is 7.07. The molecule has 2 heterocycles. The minimum Gasteiger partial charge on any atom is -0.444 e. The molecule has 1 amide bonds. The molecule has 4 rings (SSSR count). The van der Waals surface area contributed by atoms with Gasteiger partial charge in [-0.3, -0.25) is 0 Å². The Labute approximate surface area is 181 Å².